The van der Waals surface area contributed by atoms with Gasteiger partial charge in [0.1, 0.15) is 11.4 Å². The highest BCUT2D eigenvalue weighted by atomic mass is 32.2. The maximum atomic E-state index is 5.33. The number of hydrogen-bond donors (Lipinski definition) is 0. The van der Waals surface area contributed by atoms with E-state index >= 15 is 0 Å². The first-order valence-electron chi connectivity index (χ1n) is 12.3. The number of fused-ring (bicyclic) bond motifs is 3. The molecule has 0 aromatic heterocycles. The van der Waals surface area contributed by atoms with Crippen LogP contribution in [0.25, 0.3) is 10.8 Å². The molecule has 178 valence electrons. The molecule has 6 heteroatoms. The van der Waals surface area contributed by atoms with E-state index in [9.17, 15) is 0 Å². The second-order valence-corrected chi connectivity index (χ2v) is 12.0. The van der Waals surface area contributed by atoms with Gasteiger partial charge in [0.05, 0.1) is 33.3 Å². The molecule has 0 fully saturated rings. The molecule has 0 unspecified atom stereocenters. The van der Waals surface area contributed by atoms with Crippen molar-refractivity contribution in [2.75, 3.05) is 0 Å². The fourth-order valence-electron chi connectivity index (χ4n) is 4.99. The standard InChI is InChI=1S/C31H24N4S2/c1-21-17-22(2)30-28(18-21)33-35(26-15-7-4-8-16-26)31(37-30)34(25-13-5-3-6-14-25)32-27-19-23-11-9-10-12-24(23)20-29(27)36-31/h3-20H,1-2H3/q+2/t31-/m0/s1. The maximum Gasteiger partial charge on any atom is 0.516 e. The zero-order valence-electron chi connectivity index (χ0n) is 20.5. The molecule has 0 bridgehead atoms. The van der Waals surface area contributed by atoms with E-state index in [2.05, 4.69) is 120 Å². The summed E-state index contributed by atoms with van der Waals surface area (Å²) in [5, 5.41) is 13.0. The quantitative estimate of drug-likeness (QED) is 0.219. The first kappa shape index (κ1) is 22.5. The molecule has 7 rings (SSSR count). The Morgan fingerprint density at radius 3 is 1.81 bits per heavy atom. The van der Waals surface area contributed by atoms with Crippen molar-refractivity contribution in [3.8, 4) is 0 Å². The summed E-state index contributed by atoms with van der Waals surface area (Å²) in [6.07, 6.45) is 0. The first-order valence-corrected chi connectivity index (χ1v) is 13.9. The summed E-state index contributed by atoms with van der Waals surface area (Å²) in [6, 6.07) is 38.2. The zero-order chi connectivity index (χ0) is 25.0. The molecule has 2 aliphatic rings. The molecule has 0 amide bonds. The Balaban J connectivity index is 1.55. The van der Waals surface area contributed by atoms with Gasteiger partial charge in [-0.25, -0.2) is 0 Å². The van der Waals surface area contributed by atoms with Gasteiger partial charge in [-0.15, -0.1) is 0 Å². The fraction of sp³-hybridized carbons (Fsp3) is 0.0968. The summed E-state index contributed by atoms with van der Waals surface area (Å²) in [5.41, 5.74) is 6.45. The summed E-state index contributed by atoms with van der Waals surface area (Å²) in [4.78, 5) is 2.33. The van der Waals surface area contributed by atoms with Gasteiger partial charge >= 0.3 is 4.33 Å². The molecular formula is C31H24N4S2+2. The molecule has 0 saturated carbocycles. The average molecular weight is 517 g/mol. The third-order valence-electron chi connectivity index (χ3n) is 6.66. The second kappa shape index (κ2) is 8.68. The third kappa shape index (κ3) is 3.71. The van der Waals surface area contributed by atoms with Crippen molar-refractivity contribution in [3.63, 3.8) is 0 Å². The van der Waals surface area contributed by atoms with Crippen LogP contribution in [-0.4, -0.2) is 13.7 Å². The van der Waals surface area contributed by atoms with E-state index in [4.69, 9.17) is 10.2 Å². The molecule has 0 aliphatic carbocycles. The summed E-state index contributed by atoms with van der Waals surface area (Å²) in [7, 11) is 0. The van der Waals surface area contributed by atoms with Crippen LogP contribution in [0.3, 0.4) is 0 Å². The summed E-state index contributed by atoms with van der Waals surface area (Å²) < 4.78 is 3.60. The molecule has 2 aliphatic heterocycles. The van der Waals surface area contributed by atoms with Gasteiger partial charge < -0.3 is 0 Å². The van der Waals surface area contributed by atoms with Gasteiger partial charge in [-0.3, -0.25) is 0 Å². The predicted octanol–water partition coefficient (Wildman–Crippen LogP) is 9.84. The molecule has 37 heavy (non-hydrogen) atoms. The second-order valence-electron chi connectivity index (χ2n) is 9.34. The normalized spacial score (nSPS) is 18.2. The van der Waals surface area contributed by atoms with E-state index in [1.165, 1.54) is 26.8 Å². The van der Waals surface area contributed by atoms with Gasteiger partial charge in [-0.1, -0.05) is 66.7 Å². The van der Waals surface area contributed by atoms with E-state index in [0.29, 0.717) is 0 Å². The van der Waals surface area contributed by atoms with Crippen LogP contribution >= 0.6 is 23.5 Å². The molecule has 0 radical (unpaired) electrons. The van der Waals surface area contributed by atoms with E-state index < -0.39 is 4.33 Å². The first-order chi connectivity index (χ1) is 18.1. The highest BCUT2D eigenvalue weighted by Crippen LogP contribution is 2.60. The SMILES string of the molecule is Cc1cc(C)c2c(c1)N=[N+](c1ccccc1)[C@@]1(Sc3cc4ccccc4cc3N=[N+]1c1ccccc1)S2. The molecule has 1 atom stereocenters. The van der Waals surface area contributed by atoms with Gasteiger partial charge in [-0.05, 0) is 53.9 Å². The van der Waals surface area contributed by atoms with Crippen LogP contribution in [0.15, 0.2) is 129 Å². The van der Waals surface area contributed by atoms with E-state index in [0.717, 1.165) is 27.6 Å². The Labute approximate surface area is 224 Å². The Bertz CT molecular complexity index is 1750. The molecule has 2 heterocycles. The van der Waals surface area contributed by atoms with Crippen LogP contribution in [0.2, 0.25) is 0 Å². The van der Waals surface area contributed by atoms with Crippen molar-refractivity contribution < 1.29 is 9.39 Å². The number of aryl methyl sites for hydroxylation is 2. The Morgan fingerprint density at radius 2 is 1.16 bits per heavy atom. The molecule has 4 nitrogen and oxygen atoms in total. The largest absolute Gasteiger partial charge is 0.516 e. The molecule has 0 N–H and O–H groups in total. The van der Waals surface area contributed by atoms with Crippen LogP contribution < -0.4 is 0 Å². The van der Waals surface area contributed by atoms with E-state index in [-0.39, 0.29) is 0 Å². The van der Waals surface area contributed by atoms with Crippen LogP contribution in [0.4, 0.5) is 22.7 Å². The van der Waals surface area contributed by atoms with Gasteiger partial charge in [0, 0.05) is 43.9 Å². The summed E-state index contributed by atoms with van der Waals surface area (Å²) >= 11 is 3.62. The lowest BCUT2D eigenvalue weighted by Crippen LogP contribution is -2.43. The third-order valence-corrected chi connectivity index (χ3v) is 9.66. The average Bonchev–Trinajstić information content (AvgIpc) is 2.93. The predicted molar refractivity (Wildman–Crippen MR) is 151 cm³/mol. The van der Waals surface area contributed by atoms with Crippen LogP contribution in [-0.2, 0) is 0 Å². The minimum absolute atomic E-state index is 0.703. The van der Waals surface area contributed by atoms with Crippen molar-refractivity contribution in [2.24, 2.45) is 10.2 Å². The summed E-state index contributed by atoms with van der Waals surface area (Å²) in [6.45, 7) is 4.31. The van der Waals surface area contributed by atoms with Crippen LogP contribution in [0.1, 0.15) is 11.1 Å². The lowest BCUT2D eigenvalue weighted by Gasteiger charge is -2.28. The summed E-state index contributed by atoms with van der Waals surface area (Å²) in [5.74, 6) is 0. The Hall–Kier alpha value is -3.74. The van der Waals surface area contributed by atoms with Crippen molar-refractivity contribution in [3.05, 3.63) is 120 Å². The molecular weight excluding hydrogens is 493 g/mol. The Morgan fingerprint density at radius 1 is 0.595 bits per heavy atom. The minimum atomic E-state index is -0.703. The number of hydrogen-bond acceptors (Lipinski definition) is 4. The number of azo groups is 4. The number of rotatable bonds is 2. The highest BCUT2D eigenvalue weighted by Gasteiger charge is 2.65. The van der Waals surface area contributed by atoms with Gasteiger partial charge in [0.15, 0.2) is 0 Å². The maximum absolute atomic E-state index is 5.33. The zero-order valence-corrected chi connectivity index (χ0v) is 22.1. The van der Waals surface area contributed by atoms with Gasteiger partial charge in [0.25, 0.3) is 0 Å². The van der Waals surface area contributed by atoms with Crippen LogP contribution in [0.5, 0.6) is 0 Å². The van der Waals surface area contributed by atoms with Crippen molar-refractivity contribution in [1.29, 1.82) is 0 Å². The van der Waals surface area contributed by atoms with Gasteiger partial charge in [-0.2, -0.15) is 0 Å². The molecule has 5 aromatic rings. The smallest absolute Gasteiger partial charge is 0.0618 e. The monoisotopic (exact) mass is 516 g/mol. The minimum Gasteiger partial charge on any atom is -0.0618 e. The van der Waals surface area contributed by atoms with E-state index in [1.54, 1.807) is 11.8 Å². The topological polar surface area (TPSA) is 30.7 Å². The lowest BCUT2D eigenvalue weighted by atomic mass is 10.1. The highest BCUT2D eigenvalue weighted by molar-refractivity contribution is 8.17. The molecule has 5 aromatic carbocycles. The Kier molecular flexibility index (Phi) is 5.27. The lowest BCUT2D eigenvalue weighted by molar-refractivity contribution is -0.751. The van der Waals surface area contributed by atoms with Crippen LogP contribution in [0, 0.1) is 13.8 Å². The van der Waals surface area contributed by atoms with Crippen molar-refractivity contribution in [2.45, 2.75) is 28.0 Å². The van der Waals surface area contributed by atoms with Crippen molar-refractivity contribution >= 4 is 57.0 Å². The fourth-order valence-corrected chi connectivity index (χ4v) is 7.97. The number of benzene rings is 5. The molecule has 1 spiro atoms. The number of para-hydroxylation sites is 2. The van der Waals surface area contributed by atoms with Gasteiger partial charge in [0.2, 0.25) is 11.4 Å². The number of nitrogens with zero attached hydrogens (tertiary/aromatic N) is 4. The van der Waals surface area contributed by atoms with E-state index in [1.807, 2.05) is 23.9 Å². The molecule has 0 saturated heterocycles. The number of thioether (sulfide) groups is 2. The van der Waals surface area contributed by atoms with Crippen molar-refractivity contribution in [1.82, 2.24) is 0 Å².